The fraction of sp³-hybridized carbons (Fsp3) is 0.333. The van der Waals surface area contributed by atoms with Crippen LogP contribution in [0.15, 0.2) is 91.0 Å². The van der Waals surface area contributed by atoms with Gasteiger partial charge in [0, 0.05) is 0 Å². The summed E-state index contributed by atoms with van der Waals surface area (Å²) in [4.78, 5) is 0. The van der Waals surface area contributed by atoms with Crippen LogP contribution in [0.2, 0.25) is 0 Å². The number of rotatable bonds is 2. The summed E-state index contributed by atoms with van der Waals surface area (Å²) in [5, 5.41) is 0. The molecule has 0 radical (unpaired) electrons. The third-order valence-electron chi connectivity index (χ3n) is 6.68. The van der Waals surface area contributed by atoms with Crippen molar-refractivity contribution in [2.24, 2.45) is 5.92 Å². The summed E-state index contributed by atoms with van der Waals surface area (Å²) in [7, 11) is 0. The van der Waals surface area contributed by atoms with E-state index in [1.54, 1.807) is 3.26 Å². The Labute approximate surface area is 240 Å². The molecule has 0 bridgehead atoms. The molecule has 0 N–H and O–H groups in total. The Morgan fingerprint density at radius 1 is 0.784 bits per heavy atom. The Kier molecular flexibility index (Phi) is 9.92. The molecule has 5 rings (SSSR count). The van der Waals surface area contributed by atoms with Crippen molar-refractivity contribution >= 4 is 3.26 Å². The van der Waals surface area contributed by atoms with E-state index in [4.69, 9.17) is 0 Å². The molecule has 0 aliphatic heterocycles. The molecular formula is C36H42Hf. The molecule has 1 aliphatic rings. The van der Waals surface area contributed by atoms with Crippen molar-refractivity contribution in [3.8, 4) is 11.1 Å². The van der Waals surface area contributed by atoms with Crippen molar-refractivity contribution in [2.45, 2.75) is 72.6 Å². The minimum absolute atomic E-state index is 0.167. The Bertz CT molecular complexity index is 1200. The van der Waals surface area contributed by atoms with Crippen LogP contribution >= 0.6 is 0 Å². The molecule has 4 aromatic rings. The van der Waals surface area contributed by atoms with E-state index >= 15 is 0 Å². The molecule has 4 aromatic carbocycles. The number of fused-ring (bicyclic) bond motifs is 3. The quantitative estimate of drug-likeness (QED) is 0.132. The van der Waals surface area contributed by atoms with Gasteiger partial charge in [-0.2, -0.15) is 42.0 Å². The largest absolute Gasteiger partial charge is 0.214 e. The predicted octanol–water partition coefficient (Wildman–Crippen LogP) is 9.47. The van der Waals surface area contributed by atoms with Crippen molar-refractivity contribution in [3.05, 3.63) is 125 Å². The molecule has 0 spiro atoms. The SMILES string of the molecule is CC(C)(C)c1[c-]c2c(cc1)-c1ccc(C(C)(C)C)cc1C2.CC(C)[C](=[Hf+2])c1ccccc1.c1cc[cH-]c1. The first kappa shape index (κ1) is 29.3. The van der Waals surface area contributed by atoms with Crippen molar-refractivity contribution in [2.75, 3.05) is 0 Å². The van der Waals surface area contributed by atoms with Crippen molar-refractivity contribution in [1.82, 2.24) is 0 Å². The second-order valence-electron chi connectivity index (χ2n) is 12.2. The van der Waals surface area contributed by atoms with Gasteiger partial charge >= 0.3 is 82.8 Å². The zero-order valence-corrected chi connectivity index (χ0v) is 27.5. The Morgan fingerprint density at radius 2 is 1.41 bits per heavy atom. The summed E-state index contributed by atoms with van der Waals surface area (Å²) >= 11 is 1.18. The van der Waals surface area contributed by atoms with E-state index in [0.717, 1.165) is 6.42 Å². The Balaban J connectivity index is 0.000000197. The molecule has 0 unspecified atom stereocenters. The van der Waals surface area contributed by atoms with Crippen LogP contribution in [-0.4, -0.2) is 3.26 Å². The van der Waals surface area contributed by atoms with Crippen LogP contribution in [0, 0.1) is 12.0 Å². The second-order valence-corrected chi connectivity index (χ2v) is 14.1. The maximum atomic E-state index is 3.67. The number of benzene rings is 3. The van der Waals surface area contributed by atoms with Crippen LogP contribution in [0.1, 0.15) is 83.2 Å². The summed E-state index contributed by atoms with van der Waals surface area (Å²) in [5.74, 6) is 0.712. The van der Waals surface area contributed by atoms with Gasteiger partial charge in [0.1, 0.15) is 0 Å². The van der Waals surface area contributed by atoms with Crippen LogP contribution in [0.4, 0.5) is 0 Å². The van der Waals surface area contributed by atoms with Gasteiger partial charge in [0.05, 0.1) is 0 Å². The summed E-state index contributed by atoms with van der Waals surface area (Å²) in [6, 6.07) is 35.8. The average molecular weight is 653 g/mol. The van der Waals surface area contributed by atoms with Gasteiger partial charge in [-0.25, -0.2) is 12.1 Å². The third-order valence-corrected chi connectivity index (χ3v) is 9.79. The van der Waals surface area contributed by atoms with E-state index in [1.807, 2.05) is 30.3 Å². The van der Waals surface area contributed by atoms with Crippen molar-refractivity contribution in [1.29, 1.82) is 0 Å². The molecule has 0 saturated heterocycles. The number of hydrogen-bond acceptors (Lipinski definition) is 0. The standard InChI is InChI=1S/C21H25.C10H12.C5H5.Hf/c1-20(2,3)16-7-9-18-14(12-16)11-15-13-17(21(4,5)6)8-10-19(15)18;1-9(2)8-10-6-4-3-5-7-10;1-2-4-5-3-1;/h7-10,12H,11H2,1-6H3;3-7,9H,1-2H3;1-5H;/q-1;;-1;+2. The van der Waals surface area contributed by atoms with E-state index in [-0.39, 0.29) is 10.8 Å². The normalized spacial score (nSPS) is 12.1. The predicted molar refractivity (Wildman–Crippen MR) is 158 cm³/mol. The molecule has 1 aliphatic carbocycles. The third kappa shape index (κ3) is 8.11. The van der Waals surface area contributed by atoms with Gasteiger partial charge in [-0.05, 0) is 28.4 Å². The summed E-state index contributed by atoms with van der Waals surface area (Å²) < 4.78 is 1.60. The fourth-order valence-corrected chi connectivity index (χ4v) is 4.90. The minimum Gasteiger partial charge on any atom is -0.214 e. The molecular weight excluding hydrogens is 611 g/mol. The summed E-state index contributed by atoms with van der Waals surface area (Å²) in [6.07, 6.45) is 1.03. The van der Waals surface area contributed by atoms with Crippen LogP contribution in [-0.2, 0) is 41.1 Å². The van der Waals surface area contributed by atoms with Gasteiger partial charge < -0.3 is 0 Å². The molecule has 0 heterocycles. The second kappa shape index (κ2) is 12.5. The van der Waals surface area contributed by atoms with Gasteiger partial charge in [0.15, 0.2) is 0 Å². The van der Waals surface area contributed by atoms with Crippen LogP contribution in [0.25, 0.3) is 11.1 Å². The summed E-state index contributed by atoms with van der Waals surface area (Å²) in [5.41, 5.74) is 10.1. The Hall–Kier alpha value is -2.25. The van der Waals surface area contributed by atoms with Crippen molar-refractivity contribution in [3.63, 3.8) is 0 Å². The van der Waals surface area contributed by atoms with Crippen LogP contribution in [0.3, 0.4) is 0 Å². The zero-order valence-electron chi connectivity index (χ0n) is 23.9. The van der Waals surface area contributed by atoms with Gasteiger partial charge in [0.2, 0.25) is 0 Å². The van der Waals surface area contributed by atoms with Gasteiger partial charge in [-0.15, -0.1) is 11.1 Å². The zero-order chi connectivity index (χ0) is 27.2. The molecule has 0 fully saturated rings. The maximum absolute atomic E-state index is 3.67. The monoisotopic (exact) mass is 654 g/mol. The van der Waals surface area contributed by atoms with E-state index in [2.05, 4.69) is 122 Å². The molecule has 190 valence electrons. The molecule has 0 amide bonds. The molecule has 0 aromatic heterocycles. The van der Waals surface area contributed by atoms with E-state index < -0.39 is 0 Å². The van der Waals surface area contributed by atoms with Crippen LogP contribution in [0.5, 0.6) is 0 Å². The van der Waals surface area contributed by atoms with Gasteiger partial charge in [-0.3, -0.25) is 0 Å². The smallest absolute Gasteiger partial charge is 0.172 e. The minimum atomic E-state index is 0.167. The van der Waals surface area contributed by atoms with Crippen molar-refractivity contribution < 1.29 is 23.9 Å². The van der Waals surface area contributed by atoms with E-state index in [9.17, 15) is 0 Å². The average Bonchev–Trinajstić information content (AvgIpc) is 3.54. The first-order valence-electron chi connectivity index (χ1n) is 13.4. The first-order valence-corrected chi connectivity index (χ1v) is 15.2. The van der Waals surface area contributed by atoms with Crippen LogP contribution < -0.4 is 0 Å². The van der Waals surface area contributed by atoms with E-state index in [0.29, 0.717) is 5.92 Å². The topological polar surface area (TPSA) is 0 Å². The fourth-order valence-electron chi connectivity index (χ4n) is 4.30. The number of hydrogen-bond donors (Lipinski definition) is 0. The summed E-state index contributed by atoms with van der Waals surface area (Å²) in [6.45, 7) is 18.1. The Morgan fingerprint density at radius 3 is 1.92 bits per heavy atom. The molecule has 1 heteroatoms. The molecule has 0 saturated carbocycles. The van der Waals surface area contributed by atoms with Gasteiger partial charge in [-0.1, -0.05) is 65.3 Å². The molecule has 37 heavy (non-hydrogen) atoms. The van der Waals surface area contributed by atoms with E-state index in [1.165, 1.54) is 62.8 Å². The van der Waals surface area contributed by atoms with Gasteiger partial charge in [0.25, 0.3) is 0 Å². The maximum Gasteiger partial charge on any atom is -0.172 e. The molecule has 0 nitrogen and oxygen atoms in total. The molecule has 0 atom stereocenters. The first-order chi connectivity index (χ1) is 17.4.